The molecule has 0 saturated heterocycles. The summed E-state index contributed by atoms with van der Waals surface area (Å²) < 4.78 is 0. The molecule has 0 spiro atoms. The van der Waals surface area contributed by atoms with Crippen LogP contribution in [0.25, 0.3) is 0 Å². The summed E-state index contributed by atoms with van der Waals surface area (Å²) >= 11 is 1.62. The van der Waals surface area contributed by atoms with E-state index in [2.05, 4.69) is 42.4 Å². The van der Waals surface area contributed by atoms with Crippen molar-refractivity contribution in [2.24, 2.45) is 4.99 Å². The van der Waals surface area contributed by atoms with Crippen LogP contribution in [0.2, 0.25) is 0 Å². The third-order valence-corrected chi connectivity index (χ3v) is 2.69. The van der Waals surface area contributed by atoms with Crippen LogP contribution in [0.1, 0.15) is 11.1 Å². The summed E-state index contributed by atoms with van der Waals surface area (Å²) in [7, 11) is 1.79. The first-order valence-corrected chi connectivity index (χ1v) is 5.75. The Morgan fingerprint density at radius 1 is 1.33 bits per heavy atom. The van der Waals surface area contributed by atoms with E-state index in [9.17, 15) is 0 Å². The molecule has 0 aliphatic rings. The van der Waals surface area contributed by atoms with Crippen LogP contribution in [0.4, 0.5) is 5.69 Å². The van der Waals surface area contributed by atoms with Crippen molar-refractivity contribution in [2.75, 3.05) is 18.6 Å². The van der Waals surface area contributed by atoms with E-state index < -0.39 is 0 Å². The van der Waals surface area contributed by atoms with Crippen molar-refractivity contribution in [1.29, 1.82) is 0 Å². The lowest BCUT2D eigenvalue weighted by molar-refractivity contribution is -0.00000303. The highest BCUT2D eigenvalue weighted by Crippen LogP contribution is 2.17. The minimum absolute atomic E-state index is 0. The van der Waals surface area contributed by atoms with Crippen LogP contribution in [0, 0.1) is 13.8 Å². The minimum atomic E-state index is 0. The summed E-state index contributed by atoms with van der Waals surface area (Å²) in [4.78, 5) is 4.13. The van der Waals surface area contributed by atoms with Gasteiger partial charge in [0.1, 0.15) is 0 Å². The van der Waals surface area contributed by atoms with Gasteiger partial charge in [-0.25, -0.2) is 0 Å². The molecule has 84 valence electrons. The molecule has 0 radical (unpaired) electrons. The second-order valence-corrected chi connectivity index (χ2v) is 3.97. The number of anilines is 1. The van der Waals surface area contributed by atoms with Gasteiger partial charge >= 0.3 is 0 Å². The molecule has 2 nitrogen and oxygen atoms in total. The first-order valence-electron chi connectivity index (χ1n) is 4.52. The van der Waals surface area contributed by atoms with E-state index in [0.717, 1.165) is 10.9 Å². The van der Waals surface area contributed by atoms with Crippen LogP contribution in [-0.2, 0) is 0 Å². The molecule has 0 bridgehead atoms. The molecular formula is C11H16IN2S-. The van der Waals surface area contributed by atoms with Crippen molar-refractivity contribution in [1.82, 2.24) is 0 Å². The van der Waals surface area contributed by atoms with Gasteiger partial charge < -0.3 is 29.3 Å². The Bertz CT molecular complexity index is 350. The van der Waals surface area contributed by atoms with Crippen molar-refractivity contribution in [3.05, 3.63) is 29.3 Å². The predicted molar refractivity (Wildman–Crippen MR) is 66.4 cm³/mol. The molecule has 0 aromatic heterocycles. The van der Waals surface area contributed by atoms with E-state index in [4.69, 9.17) is 0 Å². The minimum Gasteiger partial charge on any atom is -1.00 e. The third-order valence-electron chi connectivity index (χ3n) is 2.02. The topological polar surface area (TPSA) is 24.4 Å². The molecule has 0 unspecified atom stereocenters. The molecule has 4 heteroatoms. The SMILES string of the molecule is CN=C(Nc1ccc(C)cc1C)SC.[I-]. The van der Waals surface area contributed by atoms with Gasteiger partial charge in [0.05, 0.1) is 0 Å². The number of aryl methyl sites for hydroxylation is 2. The molecule has 1 aromatic rings. The zero-order valence-corrected chi connectivity index (χ0v) is 12.4. The van der Waals surface area contributed by atoms with Crippen molar-refractivity contribution < 1.29 is 24.0 Å². The predicted octanol–water partition coefficient (Wildman–Crippen LogP) is 0.0681. The molecule has 1 rings (SSSR count). The zero-order valence-electron chi connectivity index (χ0n) is 9.47. The van der Waals surface area contributed by atoms with E-state index in [-0.39, 0.29) is 24.0 Å². The Labute approximate surface area is 113 Å². The van der Waals surface area contributed by atoms with Crippen molar-refractivity contribution >= 4 is 22.6 Å². The fourth-order valence-corrected chi connectivity index (χ4v) is 1.66. The molecule has 0 saturated carbocycles. The second-order valence-electron chi connectivity index (χ2n) is 3.18. The number of halogens is 1. The van der Waals surface area contributed by atoms with E-state index in [0.29, 0.717) is 0 Å². The van der Waals surface area contributed by atoms with Crippen molar-refractivity contribution in [3.8, 4) is 0 Å². The fourth-order valence-electron chi connectivity index (χ4n) is 1.27. The average Bonchev–Trinajstić information content (AvgIpc) is 2.17. The van der Waals surface area contributed by atoms with Crippen molar-refractivity contribution in [2.45, 2.75) is 13.8 Å². The van der Waals surface area contributed by atoms with Crippen LogP contribution in [0.15, 0.2) is 23.2 Å². The number of benzene rings is 1. The van der Waals surface area contributed by atoms with Crippen LogP contribution in [-0.4, -0.2) is 18.5 Å². The molecule has 0 fully saturated rings. The van der Waals surface area contributed by atoms with E-state index in [1.54, 1.807) is 18.8 Å². The first kappa shape index (κ1) is 14.8. The van der Waals surface area contributed by atoms with Crippen LogP contribution < -0.4 is 29.3 Å². The number of thioether (sulfide) groups is 1. The highest BCUT2D eigenvalue weighted by Gasteiger charge is 2.00. The summed E-state index contributed by atoms with van der Waals surface area (Å²) in [5, 5.41) is 4.23. The lowest BCUT2D eigenvalue weighted by Gasteiger charge is -2.10. The summed E-state index contributed by atoms with van der Waals surface area (Å²) in [5.74, 6) is 0. The maximum Gasteiger partial charge on any atom is 0.160 e. The number of nitrogens with zero attached hydrogens (tertiary/aromatic N) is 1. The van der Waals surface area contributed by atoms with Gasteiger partial charge in [-0.1, -0.05) is 29.5 Å². The van der Waals surface area contributed by atoms with Crippen LogP contribution >= 0.6 is 11.8 Å². The number of hydrogen-bond donors (Lipinski definition) is 1. The Morgan fingerprint density at radius 2 is 2.00 bits per heavy atom. The molecule has 0 amide bonds. The Morgan fingerprint density at radius 3 is 2.47 bits per heavy atom. The molecule has 15 heavy (non-hydrogen) atoms. The molecule has 0 heterocycles. The molecular weight excluding hydrogens is 319 g/mol. The average molecular weight is 335 g/mol. The smallest absolute Gasteiger partial charge is 0.160 e. The summed E-state index contributed by atoms with van der Waals surface area (Å²) in [6.07, 6.45) is 2.01. The Hall–Kier alpha value is -0.230. The molecule has 0 aliphatic carbocycles. The standard InChI is InChI=1S/C11H16N2S.HI/c1-8-5-6-10(9(2)7-8)13-11(12-3)14-4;/h5-7H,1-4H3,(H,12,13);1H/p-1. The van der Waals surface area contributed by atoms with Gasteiger partial charge in [0.25, 0.3) is 0 Å². The zero-order chi connectivity index (χ0) is 10.6. The lowest BCUT2D eigenvalue weighted by Crippen LogP contribution is -3.00. The second kappa shape index (κ2) is 7.11. The monoisotopic (exact) mass is 335 g/mol. The van der Waals surface area contributed by atoms with Crippen LogP contribution in [0.5, 0.6) is 0 Å². The molecule has 0 aliphatic heterocycles. The quantitative estimate of drug-likeness (QED) is 0.446. The maximum atomic E-state index is 4.13. The number of amidine groups is 1. The van der Waals surface area contributed by atoms with Gasteiger partial charge in [0.15, 0.2) is 5.17 Å². The molecule has 1 N–H and O–H groups in total. The van der Waals surface area contributed by atoms with Gasteiger partial charge in [-0.2, -0.15) is 0 Å². The largest absolute Gasteiger partial charge is 1.00 e. The van der Waals surface area contributed by atoms with E-state index in [1.807, 2.05) is 6.26 Å². The van der Waals surface area contributed by atoms with Gasteiger partial charge in [-0.3, -0.25) is 4.99 Å². The first-order chi connectivity index (χ1) is 6.67. The third kappa shape index (κ3) is 4.42. The van der Waals surface area contributed by atoms with Gasteiger partial charge in [0.2, 0.25) is 0 Å². The lowest BCUT2D eigenvalue weighted by atomic mass is 10.1. The number of hydrogen-bond acceptors (Lipinski definition) is 2. The summed E-state index contributed by atoms with van der Waals surface area (Å²) in [6.45, 7) is 4.20. The molecule has 1 aromatic carbocycles. The number of aliphatic imine (C=N–C) groups is 1. The number of rotatable bonds is 1. The summed E-state index contributed by atoms with van der Waals surface area (Å²) in [6, 6.07) is 6.35. The van der Waals surface area contributed by atoms with E-state index >= 15 is 0 Å². The van der Waals surface area contributed by atoms with Gasteiger partial charge in [0, 0.05) is 12.7 Å². The van der Waals surface area contributed by atoms with Gasteiger partial charge in [-0.15, -0.1) is 0 Å². The summed E-state index contributed by atoms with van der Waals surface area (Å²) in [5.41, 5.74) is 3.66. The fraction of sp³-hybridized carbons (Fsp3) is 0.364. The molecule has 0 atom stereocenters. The Balaban J connectivity index is 0.00000196. The van der Waals surface area contributed by atoms with Crippen molar-refractivity contribution in [3.63, 3.8) is 0 Å². The normalized spacial score (nSPS) is 10.8. The highest BCUT2D eigenvalue weighted by atomic mass is 127. The maximum absolute atomic E-state index is 4.13. The van der Waals surface area contributed by atoms with Crippen LogP contribution in [0.3, 0.4) is 0 Å². The Kier molecular flexibility index (Phi) is 7.00. The number of nitrogens with one attached hydrogen (secondary N) is 1. The van der Waals surface area contributed by atoms with Gasteiger partial charge in [-0.05, 0) is 31.7 Å². The van der Waals surface area contributed by atoms with E-state index in [1.165, 1.54) is 11.1 Å². The highest BCUT2D eigenvalue weighted by molar-refractivity contribution is 8.13.